The molecule has 1 atom stereocenters. The summed E-state index contributed by atoms with van der Waals surface area (Å²) in [4.78, 5) is 72.3. The van der Waals surface area contributed by atoms with Crippen molar-refractivity contribution in [2.75, 3.05) is 27.4 Å². The minimum Gasteiger partial charge on any atom is -0.496 e. The monoisotopic (exact) mass is 852 g/mol. The lowest BCUT2D eigenvalue weighted by Crippen LogP contribution is -2.30. The van der Waals surface area contributed by atoms with Crippen molar-refractivity contribution >= 4 is 35.8 Å². The van der Waals surface area contributed by atoms with Crippen molar-refractivity contribution in [2.45, 2.75) is 145 Å². The number of cyclic esters (lactones) is 1. The summed E-state index contributed by atoms with van der Waals surface area (Å²) in [5.41, 5.74) is 6.04. The first kappa shape index (κ1) is 50.0. The van der Waals surface area contributed by atoms with E-state index in [-0.39, 0.29) is 57.1 Å². The van der Waals surface area contributed by atoms with E-state index in [1.807, 2.05) is 52.8 Å². The smallest absolute Gasteiger partial charge is 0.342 e. The van der Waals surface area contributed by atoms with E-state index in [9.17, 15) is 28.8 Å². The fourth-order valence-electron chi connectivity index (χ4n) is 7.18. The van der Waals surface area contributed by atoms with Crippen LogP contribution < -0.4 is 14.2 Å². The predicted octanol–water partition coefficient (Wildman–Crippen LogP) is 8.40. The van der Waals surface area contributed by atoms with Crippen molar-refractivity contribution in [3.63, 3.8) is 0 Å². The molecular formula is C47H64O14. The van der Waals surface area contributed by atoms with E-state index in [1.165, 1.54) is 21.0 Å². The lowest BCUT2D eigenvalue weighted by molar-refractivity contribution is -0.166. The number of fused-ring (bicyclic) bond motifs is 1. The quantitative estimate of drug-likeness (QED) is 0.0290. The van der Waals surface area contributed by atoms with Crippen LogP contribution >= 0.6 is 0 Å². The second-order valence-corrected chi connectivity index (χ2v) is 15.7. The third-order valence-electron chi connectivity index (χ3n) is 10.4. The first-order valence-corrected chi connectivity index (χ1v) is 21.1. The summed E-state index contributed by atoms with van der Waals surface area (Å²) in [6.07, 6.45) is 9.24. The molecule has 0 bridgehead atoms. The van der Waals surface area contributed by atoms with E-state index in [2.05, 4.69) is 0 Å². The molecule has 2 aromatic carbocycles. The highest BCUT2D eigenvalue weighted by atomic mass is 16.6. The number of aryl methyl sites for hydroxylation is 2. The van der Waals surface area contributed by atoms with Gasteiger partial charge in [0.1, 0.15) is 49.2 Å². The molecule has 336 valence electrons. The SMILES string of the molecule is COC(=O)CC/C(C)=C/Cc1c(OC)c(C)c2c(c1OCc1cc(C)c(OC(=O)CCCCCCCCC(C)CC(=O)OC(COC(C)=O)COC(C)=O)c(C)c1)C(=O)OC2. The standard InChI is InChI=1S/C47H64O14/c1-29(19-21-40(50)54-8)18-20-38-45(55-9)33(5)39-28-59-47(53)43(39)46(38)58-25-36-23-31(3)44(32(4)24-36)61-41(51)17-15-13-11-10-12-14-16-30(2)22-42(52)60-37(26-56-34(6)48)27-57-35(7)49/h18,23-24,30,37H,10-17,19-22,25-28H2,1-9H3/b29-18+. The Kier molecular flexibility index (Phi) is 20.8. The van der Waals surface area contributed by atoms with Gasteiger partial charge in [0, 0.05) is 44.2 Å². The molecule has 0 aliphatic carbocycles. The van der Waals surface area contributed by atoms with Gasteiger partial charge in [0.05, 0.1) is 14.2 Å². The van der Waals surface area contributed by atoms with Gasteiger partial charge in [-0.15, -0.1) is 0 Å². The molecule has 1 unspecified atom stereocenters. The third-order valence-corrected chi connectivity index (χ3v) is 10.4. The van der Waals surface area contributed by atoms with Gasteiger partial charge in [-0.25, -0.2) is 4.79 Å². The summed E-state index contributed by atoms with van der Waals surface area (Å²) in [5, 5.41) is 0. The number of hydrogen-bond acceptors (Lipinski definition) is 14. The van der Waals surface area contributed by atoms with Gasteiger partial charge in [-0.1, -0.05) is 57.1 Å². The van der Waals surface area contributed by atoms with Crippen molar-refractivity contribution in [1.29, 1.82) is 0 Å². The van der Waals surface area contributed by atoms with Gasteiger partial charge >= 0.3 is 35.8 Å². The first-order chi connectivity index (χ1) is 29.0. The Morgan fingerprint density at radius 2 is 1.39 bits per heavy atom. The van der Waals surface area contributed by atoms with E-state index < -0.39 is 30.0 Å². The fourth-order valence-corrected chi connectivity index (χ4v) is 7.18. The van der Waals surface area contributed by atoms with Crippen LogP contribution in [0.15, 0.2) is 23.8 Å². The van der Waals surface area contributed by atoms with E-state index in [0.29, 0.717) is 54.1 Å². The van der Waals surface area contributed by atoms with E-state index in [0.717, 1.165) is 71.9 Å². The number of allylic oxidation sites excluding steroid dienone is 2. The molecule has 0 saturated carbocycles. The van der Waals surface area contributed by atoms with Crippen LogP contribution in [0.4, 0.5) is 0 Å². The van der Waals surface area contributed by atoms with Crippen LogP contribution in [0.5, 0.6) is 17.2 Å². The van der Waals surface area contributed by atoms with E-state index in [4.69, 9.17) is 37.9 Å². The van der Waals surface area contributed by atoms with Crippen LogP contribution in [0.1, 0.15) is 142 Å². The van der Waals surface area contributed by atoms with Crippen molar-refractivity contribution in [3.8, 4) is 17.2 Å². The highest BCUT2D eigenvalue weighted by Crippen LogP contribution is 2.43. The second kappa shape index (κ2) is 25.4. The number of esters is 6. The van der Waals surface area contributed by atoms with Crippen LogP contribution in [-0.4, -0.2) is 69.4 Å². The zero-order chi connectivity index (χ0) is 45.1. The first-order valence-electron chi connectivity index (χ1n) is 21.1. The maximum Gasteiger partial charge on any atom is 0.342 e. The number of carbonyl (C=O) groups excluding carboxylic acids is 6. The normalized spacial score (nSPS) is 12.6. The molecule has 0 fully saturated rings. The molecule has 0 amide bonds. The van der Waals surface area contributed by atoms with Gasteiger partial charge in [0.2, 0.25) is 0 Å². The molecule has 1 aliphatic heterocycles. The van der Waals surface area contributed by atoms with Crippen LogP contribution in [0, 0.1) is 26.7 Å². The van der Waals surface area contributed by atoms with Gasteiger partial charge in [-0.05, 0) is 87.3 Å². The lowest BCUT2D eigenvalue weighted by atomic mass is 9.94. The summed E-state index contributed by atoms with van der Waals surface area (Å²) >= 11 is 0. The molecule has 1 heterocycles. The number of carbonyl (C=O) groups is 6. The summed E-state index contributed by atoms with van der Waals surface area (Å²) in [7, 11) is 2.95. The minimum absolute atomic E-state index is 0.0969. The molecule has 0 radical (unpaired) electrons. The lowest BCUT2D eigenvalue weighted by Gasteiger charge is -2.20. The zero-order valence-corrected chi connectivity index (χ0v) is 37.4. The molecule has 0 spiro atoms. The number of methoxy groups -OCH3 is 2. The number of benzene rings is 2. The van der Waals surface area contributed by atoms with Gasteiger partial charge in [-0.3, -0.25) is 24.0 Å². The molecule has 61 heavy (non-hydrogen) atoms. The maximum absolute atomic E-state index is 13.0. The van der Waals surface area contributed by atoms with Crippen LogP contribution in [0.25, 0.3) is 0 Å². The van der Waals surface area contributed by atoms with Gasteiger partial charge < -0.3 is 37.9 Å². The molecule has 3 rings (SSSR count). The summed E-state index contributed by atoms with van der Waals surface area (Å²) in [6, 6.07) is 3.82. The topological polar surface area (TPSA) is 176 Å². The Balaban J connectivity index is 1.47. The Hall–Kier alpha value is -5.40. The Morgan fingerprint density at radius 1 is 0.770 bits per heavy atom. The Labute approximate surface area is 359 Å². The Morgan fingerprint density at radius 3 is 2.00 bits per heavy atom. The molecule has 14 heteroatoms. The van der Waals surface area contributed by atoms with E-state index >= 15 is 0 Å². The molecule has 1 aliphatic rings. The summed E-state index contributed by atoms with van der Waals surface area (Å²) < 4.78 is 43.5. The number of ether oxygens (including phenoxy) is 8. The molecule has 14 nitrogen and oxygen atoms in total. The summed E-state index contributed by atoms with van der Waals surface area (Å²) in [6.45, 7) is 12.0. The van der Waals surface area contributed by atoms with Crippen molar-refractivity contribution in [2.24, 2.45) is 5.92 Å². The van der Waals surface area contributed by atoms with Crippen molar-refractivity contribution in [3.05, 3.63) is 62.7 Å². The highest BCUT2D eigenvalue weighted by Gasteiger charge is 2.33. The third kappa shape index (κ3) is 16.5. The molecular weight excluding hydrogens is 789 g/mol. The zero-order valence-electron chi connectivity index (χ0n) is 37.4. The maximum atomic E-state index is 13.0. The number of rotatable bonds is 26. The van der Waals surface area contributed by atoms with Crippen LogP contribution in [0.3, 0.4) is 0 Å². The average Bonchev–Trinajstić information content (AvgIpc) is 3.60. The minimum atomic E-state index is -0.850. The average molecular weight is 853 g/mol. The number of unbranched alkanes of at least 4 members (excludes halogenated alkanes) is 5. The van der Waals surface area contributed by atoms with E-state index in [1.54, 1.807) is 7.11 Å². The molecule has 2 aromatic rings. The van der Waals surface area contributed by atoms with Gasteiger partial charge in [0.25, 0.3) is 0 Å². The van der Waals surface area contributed by atoms with Crippen molar-refractivity contribution in [1.82, 2.24) is 0 Å². The van der Waals surface area contributed by atoms with Crippen LogP contribution in [-0.2, 0) is 67.3 Å². The number of hydrogen-bond donors (Lipinski definition) is 0. The largest absolute Gasteiger partial charge is 0.496 e. The predicted molar refractivity (Wildman–Crippen MR) is 225 cm³/mol. The Bertz CT molecular complexity index is 1850. The van der Waals surface area contributed by atoms with Gasteiger partial charge in [-0.2, -0.15) is 0 Å². The van der Waals surface area contributed by atoms with Gasteiger partial charge in [0.15, 0.2) is 6.10 Å². The van der Waals surface area contributed by atoms with Crippen molar-refractivity contribution < 1.29 is 66.7 Å². The molecule has 0 saturated heterocycles. The van der Waals surface area contributed by atoms with Crippen LogP contribution in [0.2, 0.25) is 0 Å². The summed E-state index contributed by atoms with van der Waals surface area (Å²) in [5.74, 6) is -0.866. The molecule has 0 aromatic heterocycles. The second-order valence-electron chi connectivity index (χ2n) is 15.7. The molecule has 0 N–H and O–H groups in total. The highest BCUT2D eigenvalue weighted by molar-refractivity contribution is 5.98. The fraction of sp³-hybridized carbons (Fsp3) is 0.574.